The van der Waals surface area contributed by atoms with Crippen molar-refractivity contribution < 1.29 is 8.60 Å². The number of hydrogen-bond acceptors (Lipinski definition) is 3. The van der Waals surface area contributed by atoms with E-state index in [0.717, 1.165) is 17.8 Å². The molecule has 1 N–H and O–H groups in total. The fourth-order valence-corrected chi connectivity index (χ4v) is 3.90. The highest BCUT2D eigenvalue weighted by atomic mass is 32.2. The molecule has 24 heavy (non-hydrogen) atoms. The van der Waals surface area contributed by atoms with Crippen LogP contribution in [0, 0.1) is 0 Å². The van der Waals surface area contributed by atoms with Crippen LogP contribution in [0.4, 0.5) is 4.39 Å². The van der Waals surface area contributed by atoms with Crippen LogP contribution in [-0.4, -0.2) is 15.0 Å². The monoisotopic (exact) mass is 364 g/mol. The van der Waals surface area contributed by atoms with E-state index in [1.54, 1.807) is 28.7 Å². The highest BCUT2D eigenvalue weighted by Crippen LogP contribution is 2.25. The maximum atomic E-state index is 13.2. The number of allylic oxidation sites excluding steroid dienone is 1. The van der Waals surface area contributed by atoms with Crippen LogP contribution in [0.15, 0.2) is 52.7 Å². The summed E-state index contributed by atoms with van der Waals surface area (Å²) < 4.78 is 31.1. The van der Waals surface area contributed by atoms with E-state index < -0.39 is 10.8 Å². The normalized spacial score (nSPS) is 13.1. The molecule has 1 aromatic carbocycles. The summed E-state index contributed by atoms with van der Waals surface area (Å²) >= 11 is 1.56. The number of benzene rings is 1. The predicted octanol–water partition coefficient (Wildman–Crippen LogP) is 4.53. The summed E-state index contributed by atoms with van der Waals surface area (Å²) in [5.74, 6) is -0.299. The molecule has 0 fully saturated rings. The Bertz CT molecular complexity index is 775. The first kappa shape index (κ1) is 18.7. The van der Waals surface area contributed by atoms with E-state index in [1.807, 2.05) is 37.6 Å². The molecular weight excluding hydrogens is 343 g/mol. The summed E-state index contributed by atoms with van der Waals surface area (Å²) in [6.45, 7) is 5.91. The van der Waals surface area contributed by atoms with Gasteiger partial charge in [-0.15, -0.1) is 0 Å². The SMILES string of the molecule is C=Cc1c(/C=C(\C)F)cc(S(=O)c2ccc(CNSC)cc2)n1C. The fraction of sp³-hybridized carbons (Fsp3) is 0.222. The van der Waals surface area contributed by atoms with E-state index in [1.165, 1.54) is 13.0 Å². The molecule has 1 atom stereocenters. The lowest BCUT2D eigenvalue weighted by molar-refractivity contribution is 0.648. The Hall–Kier alpha value is -1.63. The van der Waals surface area contributed by atoms with Gasteiger partial charge in [0.05, 0.1) is 5.83 Å². The molecule has 6 heteroatoms. The van der Waals surface area contributed by atoms with Gasteiger partial charge in [-0.2, -0.15) is 0 Å². The van der Waals surface area contributed by atoms with Gasteiger partial charge in [0.25, 0.3) is 0 Å². The van der Waals surface area contributed by atoms with Crippen molar-refractivity contribution in [2.45, 2.75) is 23.4 Å². The second kappa shape index (κ2) is 8.46. The topological polar surface area (TPSA) is 34.0 Å². The van der Waals surface area contributed by atoms with E-state index in [0.29, 0.717) is 15.5 Å². The third-order valence-corrected chi connectivity index (χ3v) is 5.47. The summed E-state index contributed by atoms with van der Waals surface area (Å²) in [5.41, 5.74) is 2.55. The second-order valence-electron chi connectivity index (χ2n) is 5.26. The summed E-state index contributed by atoms with van der Waals surface area (Å²) in [7, 11) is 0.471. The number of halogens is 1. The molecule has 0 aliphatic heterocycles. The van der Waals surface area contributed by atoms with E-state index in [4.69, 9.17) is 0 Å². The Kier molecular flexibility index (Phi) is 6.60. The van der Waals surface area contributed by atoms with Crippen molar-refractivity contribution in [1.29, 1.82) is 0 Å². The average Bonchev–Trinajstić information content (AvgIpc) is 2.87. The lowest BCUT2D eigenvalue weighted by Gasteiger charge is -2.07. The van der Waals surface area contributed by atoms with Gasteiger partial charge in [-0.25, -0.2) is 8.60 Å². The van der Waals surface area contributed by atoms with Crippen LogP contribution in [-0.2, 0) is 24.4 Å². The molecule has 1 aromatic heterocycles. The molecule has 2 rings (SSSR count). The zero-order chi connectivity index (χ0) is 17.7. The third kappa shape index (κ3) is 4.26. The number of nitrogens with one attached hydrogen (secondary N) is 1. The van der Waals surface area contributed by atoms with E-state index in [2.05, 4.69) is 11.3 Å². The third-order valence-electron chi connectivity index (χ3n) is 3.56. The molecule has 0 spiro atoms. The minimum absolute atomic E-state index is 0.299. The Morgan fingerprint density at radius 3 is 2.62 bits per heavy atom. The average molecular weight is 365 g/mol. The van der Waals surface area contributed by atoms with Gasteiger partial charge in [0.2, 0.25) is 0 Å². The molecule has 128 valence electrons. The summed E-state index contributed by atoms with van der Waals surface area (Å²) in [4.78, 5) is 0.714. The predicted molar refractivity (Wildman–Crippen MR) is 102 cm³/mol. The number of hydrogen-bond donors (Lipinski definition) is 1. The highest BCUT2D eigenvalue weighted by Gasteiger charge is 2.16. The van der Waals surface area contributed by atoms with Crippen molar-refractivity contribution in [2.24, 2.45) is 7.05 Å². The Labute approximate surface area is 149 Å². The molecule has 0 saturated carbocycles. The molecule has 1 heterocycles. The molecular formula is C18H21FN2OS2. The zero-order valence-electron chi connectivity index (χ0n) is 14.0. The molecule has 0 amide bonds. The quantitative estimate of drug-likeness (QED) is 0.733. The van der Waals surface area contributed by atoms with Gasteiger partial charge in [-0.05, 0) is 49.1 Å². The lowest BCUT2D eigenvalue weighted by atomic mass is 10.2. The number of aromatic nitrogens is 1. The molecule has 0 radical (unpaired) electrons. The maximum absolute atomic E-state index is 13.2. The van der Waals surface area contributed by atoms with E-state index in [-0.39, 0.29) is 5.83 Å². The first-order chi connectivity index (χ1) is 11.5. The van der Waals surface area contributed by atoms with Crippen LogP contribution >= 0.6 is 11.9 Å². The zero-order valence-corrected chi connectivity index (χ0v) is 15.6. The fourth-order valence-electron chi connectivity index (χ4n) is 2.39. The molecule has 3 nitrogen and oxygen atoms in total. The molecule has 0 aliphatic rings. The second-order valence-corrected chi connectivity index (χ2v) is 7.38. The largest absolute Gasteiger partial charge is 0.337 e. The number of nitrogens with zero attached hydrogens (tertiary/aromatic N) is 1. The standard InChI is InChI=1S/C18H21FN2OS2/c1-5-17-15(10-13(2)19)11-18(21(17)3)24(22)16-8-6-14(7-9-16)12-20-23-4/h5-11,20H,1,12H2,2-4H3/b13-10+. The Balaban J connectivity index is 2.34. The van der Waals surface area contributed by atoms with Gasteiger partial charge >= 0.3 is 0 Å². The molecule has 0 saturated heterocycles. The van der Waals surface area contributed by atoms with Crippen molar-refractivity contribution in [2.75, 3.05) is 6.26 Å². The van der Waals surface area contributed by atoms with Gasteiger partial charge in [0.15, 0.2) is 0 Å². The Morgan fingerprint density at radius 2 is 2.08 bits per heavy atom. The highest BCUT2D eigenvalue weighted by molar-refractivity contribution is 7.96. The minimum Gasteiger partial charge on any atom is -0.337 e. The first-order valence-electron chi connectivity index (χ1n) is 7.40. The molecule has 0 aliphatic carbocycles. The maximum Gasteiger partial charge on any atom is 0.112 e. The van der Waals surface area contributed by atoms with Gasteiger partial charge < -0.3 is 4.57 Å². The molecule has 0 bridgehead atoms. The molecule has 2 aromatic rings. The molecule has 1 unspecified atom stereocenters. The van der Waals surface area contributed by atoms with Crippen LogP contribution in [0.5, 0.6) is 0 Å². The summed E-state index contributed by atoms with van der Waals surface area (Å²) in [5, 5.41) is 0.618. The van der Waals surface area contributed by atoms with Crippen LogP contribution in [0.25, 0.3) is 12.2 Å². The Morgan fingerprint density at radius 1 is 1.42 bits per heavy atom. The van der Waals surface area contributed by atoms with Gasteiger partial charge in [0.1, 0.15) is 15.8 Å². The van der Waals surface area contributed by atoms with Crippen LogP contribution in [0.1, 0.15) is 23.7 Å². The van der Waals surface area contributed by atoms with Crippen LogP contribution in [0.3, 0.4) is 0 Å². The summed E-state index contributed by atoms with van der Waals surface area (Å²) in [6, 6.07) is 9.40. The minimum atomic E-state index is -1.34. The van der Waals surface area contributed by atoms with E-state index >= 15 is 0 Å². The lowest BCUT2D eigenvalue weighted by Crippen LogP contribution is -2.04. The van der Waals surface area contributed by atoms with Crippen molar-refractivity contribution in [1.82, 2.24) is 9.29 Å². The summed E-state index contributed by atoms with van der Waals surface area (Å²) in [6.07, 6.45) is 5.04. The van der Waals surface area contributed by atoms with Crippen LogP contribution < -0.4 is 4.72 Å². The smallest absolute Gasteiger partial charge is 0.112 e. The van der Waals surface area contributed by atoms with Crippen LogP contribution in [0.2, 0.25) is 0 Å². The van der Waals surface area contributed by atoms with Gasteiger partial charge in [0, 0.05) is 29.7 Å². The van der Waals surface area contributed by atoms with Crippen molar-refractivity contribution in [3.05, 3.63) is 59.6 Å². The number of rotatable bonds is 7. The first-order valence-corrected chi connectivity index (χ1v) is 9.78. The van der Waals surface area contributed by atoms with E-state index in [9.17, 15) is 8.60 Å². The van der Waals surface area contributed by atoms with Crippen molar-refractivity contribution in [3.8, 4) is 0 Å². The van der Waals surface area contributed by atoms with Crippen molar-refractivity contribution >= 4 is 34.9 Å². The van der Waals surface area contributed by atoms with Gasteiger partial charge in [-0.3, -0.25) is 4.72 Å². The van der Waals surface area contributed by atoms with Gasteiger partial charge in [-0.1, -0.05) is 30.7 Å². The van der Waals surface area contributed by atoms with Crippen molar-refractivity contribution in [3.63, 3.8) is 0 Å².